The molecule has 0 saturated heterocycles. The van der Waals surface area contributed by atoms with Crippen molar-refractivity contribution in [2.24, 2.45) is 0 Å². The molecule has 19 heavy (non-hydrogen) atoms. The minimum atomic E-state index is -0.550. The quantitative estimate of drug-likeness (QED) is 0.766. The van der Waals surface area contributed by atoms with Crippen LogP contribution in [0.1, 0.15) is 11.7 Å². The van der Waals surface area contributed by atoms with E-state index in [1.165, 1.54) is 6.33 Å². The first kappa shape index (κ1) is 12.1. The maximum absolute atomic E-state index is 10.1. The second kappa shape index (κ2) is 5.34. The van der Waals surface area contributed by atoms with E-state index in [-0.39, 0.29) is 0 Å². The van der Waals surface area contributed by atoms with Crippen LogP contribution in [0.5, 0.6) is 0 Å². The van der Waals surface area contributed by atoms with E-state index in [0.717, 1.165) is 21.6 Å². The number of fused-ring (bicyclic) bond motifs is 1. The average Bonchev–Trinajstić information content (AvgIpc) is 2.94. The van der Waals surface area contributed by atoms with Gasteiger partial charge in [0.15, 0.2) is 0 Å². The maximum Gasteiger partial charge on any atom is 0.147 e. The third-order valence-corrected chi connectivity index (χ3v) is 3.80. The second-order valence-corrected chi connectivity index (χ2v) is 5.08. The van der Waals surface area contributed by atoms with Crippen LogP contribution in [0.25, 0.3) is 10.2 Å². The van der Waals surface area contributed by atoms with E-state index in [9.17, 15) is 5.11 Å². The summed E-state index contributed by atoms with van der Waals surface area (Å²) in [6, 6.07) is 11.5. The maximum atomic E-state index is 10.1. The number of rotatable bonds is 4. The van der Waals surface area contributed by atoms with E-state index in [1.807, 2.05) is 41.8 Å². The molecule has 2 heterocycles. The predicted octanol–water partition coefficient (Wildman–Crippen LogP) is 2.84. The summed E-state index contributed by atoms with van der Waals surface area (Å²) in [7, 11) is 0. The number of aromatic nitrogens is 2. The number of aliphatic hydroxyl groups is 1. The van der Waals surface area contributed by atoms with Crippen molar-refractivity contribution < 1.29 is 5.11 Å². The zero-order valence-corrected chi connectivity index (χ0v) is 11.0. The number of nitrogens with zero attached hydrogens (tertiary/aromatic N) is 2. The minimum Gasteiger partial charge on any atom is -0.387 e. The number of nitrogens with one attached hydrogen (secondary N) is 1. The molecule has 0 spiro atoms. The van der Waals surface area contributed by atoms with Gasteiger partial charge in [-0.1, -0.05) is 30.3 Å². The van der Waals surface area contributed by atoms with Crippen LogP contribution in [0, 0.1) is 0 Å². The van der Waals surface area contributed by atoms with Gasteiger partial charge < -0.3 is 10.4 Å². The summed E-state index contributed by atoms with van der Waals surface area (Å²) in [5, 5.41) is 15.3. The third kappa shape index (κ3) is 2.57. The summed E-state index contributed by atoms with van der Waals surface area (Å²) in [4.78, 5) is 8.41. The zero-order valence-electron chi connectivity index (χ0n) is 10.2. The van der Waals surface area contributed by atoms with Crippen LogP contribution in [-0.4, -0.2) is 21.6 Å². The van der Waals surface area contributed by atoms with Crippen LogP contribution in [0.2, 0.25) is 0 Å². The molecule has 2 aromatic heterocycles. The molecular weight excluding hydrogens is 258 g/mol. The Morgan fingerprint density at radius 3 is 2.84 bits per heavy atom. The van der Waals surface area contributed by atoms with Gasteiger partial charge in [0, 0.05) is 6.54 Å². The lowest BCUT2D eigenvalue weighted by atomic mass is 10.1. The van der Waals surface area contributed by atoms with Crippen LogP contribution < -0.4 is 5.32 Å². The summed E-state index contributed by atoms with van der Waals surface area (Å²) in [5.41, 5.74) is 1.82. The van der Waals surface area contributed by atoms with Crippen LogP contribution >= 0.6 is 11.3 Å². The highest BCUT2D eigenvalue weighted by atomic mass is 32.1. The van der Waals surface area contributed by atoms with Crippen molar-refractivity contribution in [1.29, 1.82) is 0 Å². The van der Waals surface area contributed by atoms with E-state index in [4.69, 9.17) is 0 Å². The third-order valence-electron chi connectivity index (χ3n) is 2.89. The van der Waals surface area contributed by atoms with Gasteiger partial charge in [0.1, 0.15) is 12.1 Å². The Balaban J connectivity index is 1.74. The molecule has 3 rings (SSSR count). The minimum absolute atomic E-state index is 0.425. The molecule has 0 radical (unpaired) electrons. The number of benzene rings is 1. The summed E-state index contributed by atoms with van der Waals surface area (Å²) >= 11 is 1.59. The standard InChI is InChI=1S/C14H13N3OS/c18-12(10-4-2-1-3-5-10)8-15-14-13-11(6-7-19-13)16-9-17-14/h1-7,9,12,18H,8H2,(H,15,16,17). The molecule has 1 unspecified atom stereocenters. The van der Waals surface area contributed by atoms with Crippen molar-refractivity contribution in [2.45, 2.75) is 6.10 Å². The molecular formula is C14H13N3OS. The fourth-order valence-corrected chi connectivity index (χ4v) is 2.71. The van der Waals surface area contributed by atoms with Gasteiger partial charge in [-0.05, 0) is 17.0 Å². The first-order valence-corrected chi connectivity index (χ1v) is 6.87. The van der Waals surface area contributed by atoms with Crippen LogP contribution in [0.4, 0.5) is 5.82 Å². The zero-order chi connectivity index (χ0) is 13.1. The summed E-state index contributed by atoms with van der Waals surface area (Å²) in [5.74, 6) is 0.773. The van der Waals surface area contributed by atoms with E-state index in [1.54, 1.807) is 11.3 Å². The normalized spacial score (nSPS) is 12.5. The topological polar surface area (TPSA) is 58.0 Å². The fourth-order valence-electron chi connectivity index (χ4n) is 1.90. The monoisotopic (exact) mass is 271 g/mol. The first-order valence-electron chi connectivity index (χ1n) is 5.99. The van der Waals surface area contributed by atoms with Gasteiger partial charge in [-0.2, -0.15) is 0 Å². The van der Waals surface area contributed by atoms with Crippen LogP contribution in [0.15, 0.2) is 48.1 Å². The predicted molar refractivity (Wildman–Crippen MR) is 77.3 cm³/mol. The summed E-state index contributed by atoms with van der Waals surface area (Å²) < 4.78 is 1.02. The molecule has 0 aliphatic rings. The molecule has 1 aromatic carbocycles. The molecule has 2 N–H and O–H groups in total. The Morgan fingerprint density at radius 2 is 2.00 bits per heavy atom. The Hall–Kier alpha value is -1.98. The van der Waals surface area contributed by atoms with E-state index < -0.39 is 6.10 Å². The Kier molecular flexibility index (Phi) is 3.39. The Labute approximate surface area is 114 Å². The number of thiophene rings is 1. The van der Waals surface area contributed by atoms with E-state index >= 15 is 0 Å². The molecule has 96 valence electrons. The molecule has 0 fully saturated rings. The van der Waals surface area contributed by atoms with Gasteiger partial charge in [-0.15, -0.1) is 11.3 Å². The lowest BCUT2D eigenvalue weighted by Crippen LogP contribution is -2.13. The van der Waals surface area contributed by atoms with Crippen molar-refractivity contribution in [3.8, 4) is 0 Å². The number of hydrogen-bond acceptors (Lipinski definition) is 5. The largest absolute Gasteiger partial charge is 0.387 e. The molecule has 5 heteroatoms. The van der Waals surface area contributed by atoms with Gasteiger partial charge in [-0.3, -0.25) is 0 Å². The summed E-state index contributed by atoms with van der Waals surface area (Å²) in [6.07, 6.45) is 0.984. The molecule has 0 bridgehead atoms. The molecule has 1 atom stereocenters. The second-order valence-electron chi connectivity index (χ2n) is 4.16. The molecule has 0 aliphatic heterocycles. The Morgan fingerprint density at radius 1 is 1.16 bits per heavy atom. The van der Waals surface area contributed by atoms with Crippen LogP contribution in [-0.2, 0) is 0 Å². The number of hydrogen-bond donors (Lipinski definition) is 2. The van der Waals surface area contributed by atoms with Gasteiger partial charge in [0.05, 0.1) is 16.3 Å². The van der Waals surface area contributed by atoms with Gasteiger partial charge >= 0.3 is 0 Å². The number of aliphatic hydroxyl groups excluding tert-OH is 1. The van der Waals surface area contributed by atoms with Crippen molar-refractivity contribution in [2.75, 3.05) is 11.9 Å². The first-order chi connectivity index (χ1) is 9.34. The molecule has 3 aromatic rings. The summed E-state index contributed by atoms with van der Waals surface area (Å²) in [6.45, 7) is 0.425. The lowest BCUT2D eigenvalue weighted by Gasteiger charge is -2.12. The molecule has 0 amide bonds. The number of anilines is 1. The molecule has 0 saturated carbocycles. The molecule has 0 aliphatic carbocycles. The van der Waals surface area contributed by atoms with Crippen molar-refractivity contribution in [3.63, 3.8) is 0 Å². The highest BCUT2D eigenvalue weighted by Gasteiger charge is 2.09. The Bertz CT molecular complexity index is 669. The van der Waals surface area contributed by atoms with Gasteiger partial charge in [0.2, 0.25) is 0 Å². The lowest BCUT2D eigenvalue weighted by molar-refractivity contribution is 0.191. The van der Waals surface area contributed by atoms with Crippen LogP contribution in [0.3, 0.4) is 0 Å². The van der Waals surface area contributed by atoms with E-state index in [2.05, 4.69) is 15.3 Å². The van der Waals surface area contributed by atoms with Crippen molar-refractivity contribution in [3.05, 3.63) is 53.7 Å². The fraction of sp³-hybridized carbons (Fsp3) is 0.143. The van der Waals surface area contributed by atoms with Gasteiger partial charge in [0.25, 0.3) is 0 Å². The highest BCUT2D eigenvalue weighted by molar-refractivity contribution is 7.17. The van der Waals surface area contributed by atoms with Crippen molar-refractivity contribution >= 4 is 27.4 Å². The van der Waals surface area contributed by atoms with Gasteiger partial charge in [-0.25, -0.2) is 9.97 Å². The smallest absolute Gasteiger partial charge is 0.147 e. The average molecular weight is 271 g/mol. The molecule has 4 nitrogen and oxygen atoms in total. The van der Waals surface area contributed by atoms with E-state index in [0.29, 0.717) is 6.54 Å². The van der Waals surface area contributed by atoms with Crippen molar-refractivity contribution in [1.82, 2.24) is 9.97 Å². The SMILES string of the molecule is OC(CNc1ncnc2ccsc12)c1ccccc1. The highest BCUT2D eigenvalue weighted by Crippen LogP contribution is 2.25.